The highest BCUT2D eigenvalue weighted by Gasteiger charge is 2.10. The van der Waals surface area contributed by atoms with Crippen LogP contribution in [0.1, 0.15) is 24.0 Å². The maximum absolute atomic E-state index is 12.2. The second-order valence-electron chi connectivity index (χ2n) is 6.00. The van der Waals surface area contributed by atoms with Crippen molar-refractivity contribution in [1.82, 2.24) is 0 Å². The van der Waals surface area contributed by atoms with Crippen molar-refractivity contribution in [3.05, 3.63) is 65.4 Å². The van der Waals surface area contributed by atoms with Crippen LogP contribution in [0.3, 0.4) is 0 Å². The largest absolute Gasteiger partial charge is 0.501 e. The maximum atomic E-state index is 12.2. The molecule has 0 saturated carbocycles. The minimum absolute atomic E-state index is 0.0766. The van der Waals surface area contributed by atoms with Gasteiger partial charge < -0.3 is 14.2 Å². The molecular weight excluding hydrogens is 316 g/mol. The van der Waals surface area contributed by atoms with E-state index in [0.29, 0.717) is 31.4 Å². The summed E-state index contributed by atoms with van der Waals surface area (Å²) in [6.45, 7) is 0. The molecule has 4 heteroatoms. The predicted molar refractivity (Wildman–Crippen MR) is 96.3 cm³/mol. The van der Waals surface area contributed by atoms with Crippen molar-refractivity contribution in [1.29, 1.82) is 0 Å². The first kappa shape index (κ1) is 17.1. The number of allylic oxidation sites excluding steroid dienone is 2. The number of hydrogen-bond acceptors (Lipinski definition) is 4. The molecule has 2 aliphatic rings. The predicted octanol–water partition coefficient (Wildman–Crippen LogP) is 4.47. The van der Waals surface area contributed by atoms with Gasteiger partial charge in [-0.3, -0.25) is 4.79 Å². The third-order valence-electron chi connectivity index (χ3n) is 4.30. The van der Waals surface area contributed by atoms with E-state index < -0.39 is 0 Å². The van der Waals surface area contributed by atoms with Gasteiger partial charge in [-0.1, -0.05) is 12.1 Å². The smallest absolute Gasteiger partial charge is 0.159 e. The van der Waals surface area contributed by atoms with Gasteiger partial charge in [-0.25, -0.2) is 0 Å². The molecule has 4 rings (SSSR count). The molecule has 0 spiro atoms. The van der Waals surface area contributed by atoms with Crippen LogP contribution in [0, 0.1) is 0 Å². The van der Waals surface area contributed by atoms with Gasteiger partial charge >= 0.3 is 0 Å². The number of fused-ring (bicyclic) bond motifs is 7. The van der Waals surface area contributed by atoms with Crippen LogP contribution in [0.15, 0.2) is 54.3 Å². The number of benzene rings is 2. The summed E-state index contributed by atoms with van der Waals surface area (Å²) in [5.74, 6) is 3.10. The lowest BCUT2D eigenvalue weighted by Gasteiger charge is -2.12. The topological polar surface area (TPSA) is 44.8 Å². The summed E-state index contributed by atoms with van der Waals surface area (Å²) in [4.78, 5) is 12.2. The highest BCUT2D eigenvalue weighted by atomic mass is 16.5. The molecule has 0 atom stereocenters. The Kier molecular flexibility index (Phi) is 5.39. The van der Waals surface area contributed by atoms with E-state index in [9.17, 15) is 4.79 Å². The summed E-state index contributed by atoms with van der Waals surface area (Å²) in [6.07, 6.45) is 4.11. The zero-order chi connectivity index (χ0) is 17.6. The van der Waals surface area contributed by atoms with E-state index >= 15 is 0 Å². The summed E-state index contributed by atoms with van der Waals surface area (Å²) in [6, 6.07) is 13.6. The Balaban J connectivity index is 1.97. The van der Waals surface area contributed by atoms with Crippen LogP contribution in [0.4, 0.5) is 0 Å². The Labute approximate surface area is 148 Å². The number of hydrogen-bond donors (Lipinski definition) is 0. The monoisotopic (exact) mass is 338 g/mol. The summed E-state index contributed by atoms with van der Waals surface area (Å²) in [5.41, 5.74) is 2.13. The number of methoxy groups -OCH3 is 2. The first-order chi connectivity index (χ1) is 12.2. The fraction of sp³-hybridized carbons (Fsp3) is 0.286. The van der Waals surface area contributed by atoms with Crippen LogP contribution in [0.2, 0.25) is 0 Å². The number of rotatable bonds is 2. The van der Waals surface area contributed by atoms with E-state index in [1.807, 2.05) is 42.5 Å². The fourth-order valence-electron chi connectivity index (χ4n) is 2.88. The maximum Gasteiger partial charge on any atom is 0.159 e. The van der Waals surface area contributed by atoms with Crippen molar-refractivity contribution in [3.8, 4) is 17.2 Å². The molecule has 0 aromatic heterocycles. The lowest BCUT2D eigenvalue weighted by Crippen LogP contribution is -2.01. The number of carbonyl (C=O) groups is 1. The van der Waals surface area contributed by atoms with Crippen LogP contribution < -0.4 is 9.47 Å². The van der Waals surface area contributed by atoms with Crippen LogP contribution in [-0.2, 0) is 22.4 Å². The molecule has 4 nitrogen and oxygen atoms in total. The molecule has 0 N–H and O–H groups in total. The van der Waals surface area contributed by atoms with Crippen molar-refractivity contribution in [2.45, 2.75) is 25.7 Å². The van der Waals surface area contributed by atoms with Crippen LogP contribution in [0.25, 0.3) is 0 Å². The van der Waals surface area contributed by atoms with Crippen molar-refractivity contribution in [3.63, 3.8) is 0 Å². The third kappa shape index (κ3) is 4.41. The summed E-state index contributed by atoms with van der Waals surface area (Å²) in [7, 11) is 3.25. The lowest BCUT2D eigenvalue weighted by atomic mass is 10.0. The van der Waals surface area contributed by atoms with E-state index in [-0.39, 0.29) is 5.78 Å². The Morgan fingerprint density at radius 3 is 2.32 bits per heavy atom. The number of ketones is 1. The minimum atomic E-state index is 0.0766. The minimum Gasteiger partial charge on any atom is -0.501 e. The van der Waals surface area contributed by atoms with E-state index in [1.165, 1.54) is 0 Å². The molecule has 25 heavy (non-hydrogen) atoms. The van der Waals surface area contributed by atoms with E-state index in [2.05, 4.69) is 0 Å². The zero-order valence-corrected chi connectivity index (χ0v) is 14.6. The average Bonchev–Trinajstić information content (AvgIpc) is 2.64. The third-order valence-corrected chi connectivity index (χ3v) is 4.30. The van der Waals surface area contributed by atoms with Crippen molar-refractivity contribution < 1.29 is 19.0 Å². The van der Waals surface area contributed by atoms with E-state index in [1.54, 1.807) is 20.3 Å². The average molecular weight is 338 g/mol. The summed E-state index contributed by atoms with van der Waals surface area (Å²) < 4.78 is 16.8. The van der Waals surface area contributed by atoms with Crippen LogP contribution in [-0.4, -0.2) is 20.0 Å². The Morgan fingerprint density at radius 2 is 1.60 bits per heavy atom. The summed E-state index contributed by atoms with van der Waals surface area (Å²) in [5, 5.41) is 0. The molecule has 0 amide bonds. The Bertz CT molecular complexity index is 775. The van der Waals surface area contributed by atoms with Gasteiger partial charge in [0.15, 0.2) is 5.78 Å². The van der Waals surface area contributed by atoms with Gasteiger partial charge in [0.25, 0.3) is 0 Å². The molecule has 2 aromatic rings. The molecule has 2 aromatic carbocycles. The van der Waals surface area contributed by atoms with Gasteiger partial charge in [-0.05, 0) is 54.3 Å². The van der Waals surface area contributed by atoms with Crippen LogP contribution in [0.5, 0.6) is 17.2 Å². The molecule has 0 unspecified atom stereocenters. The first-order valence-electron chi connectivity index (χ1n) is 8.39. The molecule has 4 bridgehead atoms. The van der Waals surface area contributed by atoms with Crippen molar-refractivity contribution in [2.75, 3.05) is 14.2 Å². The van der Waals surface area contributed by atoms with Crippen molar-refractivity contribution >= 4 is 5.78 Å². The van der Waals surface area contributed by atoms with Gasteiger partial charge in [0.1, 0.15) is 17.2 Å². The van der Waals surface area contributed by atoms with Gasteiger partial charge in [0, 0.05) is 18.9 Å². The Hall–Kier alpha value is -2.75. The zero-order valence-electron chi connectivity index (χ0n) is 14.6. The van der Waals surface area contributed by atoms with Crippen molar-refractivity contribution in [2.24, 2.45) is 0 Å². The molecule has 2 heterocycles. The summed E-state index contributed by atoms with van der Waals surface area (Å²) >= 11 is 0. The van der Waals surface area contributed by atoms with E-state index in [4.69, 9.17) is 14.2 Å². The highest BCUT2D eigenvalue weighted by Crippen LogP contribution is 2.29. The van der Waals surface area contributed by atoms with Gasteiger partial charge in [0.05, 0.1) is 20.0 Å². The Morgan fingerprint density at radius 1 is 0.840 bits per heavy atom. The number of ether oxygens (including phenoxy) is 3. The first-order valence-corrected chi connectivity index (χ1v) is 8.39. The lowest BCUT2D eigenvalue weighted by molar-refractivity contribution is -0.114. The normalized spacial score (nSPS) is 16.9. The van der Waals surface area contributed by atoms with E-state index in [0.717, 1.165) is 28.4 Å². The van der Waals surface area contributed by atoms with Gasteiger partial charge in [-0.2, -0.15) is 0 Å². The quantitative estimate of drug-likeness (QED) is 0.811. The second kappa shape index (κ2) is 7.88. The molecule has 0 saturated heterocycles. The standard InChI is InChI=1S/C21H22O4/c1-23-19-10-6-16-13-20(11-12-21(16)24-2)25-18-8-4-15(5-9-18)3-7-17(22)14-19/h4-5,8-9,11-14H,3,6-7,10H2,1-2H3/b19-14+. The molecule has 2 aliphatic heterocycles. The van der Waals surface area contributed by atoms with Gasteiger partial charge in [-0.15, -0.1) is 0 Å². The number of aryl methyl sites for hydroxylation is 2. The molecule has 0 fully saturated rings. The second-order valence-corrected chi connectivity index (χ2v) is 6.00. The fourth-order valence-corrected chi connectivity index (χ4v) is 2.88. The van der Waals surface area contributed by atoms with Gasteiger partial charge in [0.2, 0.25) is 0 Å². The molecule has 0 aliphatic carbocycles. The molecule has 0 radical (unpaired) electrons. The molecule has 130 valence electrons. The van der Waals surface area contributed by atoms with Crippen LogP contribution >= 0.6 is 0 Å². The molecular formula is C21H22O4. The highest BCUT2D eigenvalue weighted by molar-refractivity contribution is 5.90. The number of carbonyl (C=O) groups excluding carboxylic acids is 1. The SMILES string of the molecule is CO/C1=C/C(=O)CCc2ccc(cc2)Oc2ccc(OC)c(c2)CC1.